The molecule has 0 aliphatic carbocycles. The lowest BCUT2D eigenvalue weighted by Gasteiger charge is -2.18. The summed E-state index contributed by atoms with van der Waals surface area (Å²) in [5.41, 5.74) is 5.39. The smallest absolute Gasteiger partial charge is 0.252 e. The number of hydrogen-bond donors (Lipinski definition) is 1. The summed E-state index contributed by atoms with van der Waals surface area (Å²) in [6.45, 7) is 2.40. The van der Waals surface area contributed by atoms with Gasteiger partial charge in [-0.2, -0.15) is 4.31 Å². The van der Waals surface area contributed by atoms with Gasteiger partial charge in [0, 0.05) is 19.5 Å². The van der Waals surface area contributed by atoms with Crippen LogP contribution in [-0.2, 0) is 10.0 Å². The molecule has 0 radical (unpaired) electrons. The Bertz CT molecular complexity index is 525. The summed E-state index contributed by atoms with van der Waals surface area (Å²) in [7, 11) is -3.53. The van der Waals surface area contributed by atoms with Crippen LogP contribution in [0.2, 0.25) is 5.02 Å². The van der Waals surface area contributed by atoms with Crippen molar-refractivity contribution in [2.45, 2.75) is 17.6 Å². The van der Waals surface area contributed by atoms with Crippen molar-refractivity contribution >= 4 is 66.1 Å². The second-order valence-electron chi connectivity index (χ2n) is 3.40. The van der Waals surface area contributed by atoms with E-state index in [1.807, 2.05) is 0 Å². The Morgan fingerprint density at radius 3 is 2.67 bits per heavy atom. The largest absolute Gasteiger partial charge is 0.393 e. The fourth-order valence-corrected chi connectivity index (χ4v) is 5.36. The van der Waals surface area contributed by atoms with Gasteiger partial charge in [0.1, 0.15) is 4.21 Å². The predicted octanol–water partition coefficient (Wildman–Crippen LogP) is 2.85. The van der Waals surface area contributed by atoms with E-state index in [2.05, 4.69) is 15.9 Å². The van der Waals surface area contributed by atoms with Gasteiger partial charge in [-0.15, -0.1) is 11.3 Å². The Kier molecular flexibility index (Phi) is 6.01. The van der Waals surface area contributed by atoms with Gasteiger partial charge in [0.05, 0.1) is 13.8 Å². The van der Waals surface area contributed by atoms with Gasteiger partial charge in [-0.25, -0.2) is 8.42 Å². The molecule has 0 aliphatic rings. The van der Waals surface area contributed by atoms with Gasteiger partial charge >= 0.3 is 0 Å². The third-order valence-electron chi connectivity index (χ3n) is 2.18. The molecule has 0 fully saturated rings. The van der Waals surface area contributed by atoms with Crippen LogP contribution in [0.4, 0.5) is 0 Å². The highest BCUT2D eigenvalue weighted by Crippen LogP contribution is 2.35. The second-order valence-corrected chi connectivity index (χ2v) is 8.87. The van der Waals surface area contributed by atoms with Gasteiger partial charge in [-0.1, -0.05) is 30.7 Å². The molecule has 1 aromatic rings. The third kappa shape index (κ3) is 3.88. The molecule has 0 saturated heterocycles. The van der Waals surface area contributed by atoms with E-state index >= 15 is 0 Å². The van der Waals surface area contributed by atoms with E-state index < -0.39 is 10.0 Å². The van der Waals surface area contributed by atoms with Crippen molar-refractivity contribution in [3.8, 4) is 0 Å². The van der Waals surface area contributed by atoms with Crippen LogP contribution in [0.5, 0.6) is 0 Å². The molecular weight excluding hydrogens is 380 g/mol. The molecule has 1 aromatic heterocycles. The molecule has 0 bridgehead atoms. The maximum Gasteiger partial charge on any atom is 0.252 e. The summed E-state index contributed by atoms with van der Waals surface area (Å²) in [5.74, 6) is 0. The van der Waals surface area contributed by atoms with Crippen LogP contribution in [0.3, 0.4) is 0 Å². The van der Waals surface area contributed by atoms with Crippen molar-refractivity contribution < 1.29 is 8.42 Å². The van der Waals surface area contributed by atoms with Crippen molar-refractivity contribution in [1.29, 1.82) is 0 Å². The van der Waals surface area contributed by atoms with Crippen LogP contribution in [0.15, 0.2) is 14.1 Å². The van der Waals surface area contributed by atoms with Crippen molar-refractivity contribution in [3.63, 3.8) is 0 Å². The van der Waals surface area contributed by atoms with Gasteiger partial charge in [-0.05, 0) is 22.0 Å². The van der Waals surface area contributed by atoms with E-state index in [0.29, 0.717) is 26.8 Å². The van der Waals surface area contributed by atoms with E-state index in [-0.39, 0.29) is 10.8 Å². The number of hydrogen-bond acceptors (Lipinski definition) is 4. The topological polar surface area (TPSA) is 63.4 Å². The van der Waals surface area contributed by atoms with Crippen LogP contribution >= 0.6 is 51.1 Å². The summed E-state index contributed by atoms with van der Waals surface area (Å²) in [4.78, 5) is 0.300. The first-order valence-corrected chi connectivity index (χ1v) is 8.86. The monoisotopic (exact) mass is 390 g/mol. The fourth-order valence-electron chi connectivity index (χ4n) is 1.26. The van der Waals surface area contributed by atoms with Gasteiger partial charge in [0.15, 0.2) is 0 Å². The number of thiophene rings is 1. The average Bonchev–Trinajstić information content (AvgIpc) is 2.60. The fraction of sp³-hybridized carbons (Fsp3) is 0.444. The zero-order valence-corrected chi connectivity index (χ0v) is 14.3. The summed E-state index contributed by atoms with van der Waals surface area (Å²) in [6.07, 6.45) is 0.364. The lowest BCUT2D eigenvalue weighted by atomic mass is 10.4. The molecule has 102 valence electrons. The van der Waals surface area contributed by atoms with Gasteiger partial charge in [0.25, 0.3) is 10.0 Å². The number of sulfonamides is 1. The lowest BCUT2D eigenvalue weighted by molar-refractivity contribution is 0.439. The Hall–Kier alpha value is 0.270. The molecular formula is C9H12BrClN2O2S3. The van der Waals surface area contributed by atoms with Gasteiger partial charge in [0.2, 0.25) is 0 Å². The maximum absolute atomic E-state index is 12.3. The minimum atomic E-state index is -3.53. The first-order valence-electron chi connectivity index (χ1n) is 5.02. The lowest BCUT2D eigenvalue weighted by Crippen LogP contribution is -2.33. The van der Waals surface area contributed by atoms with Gasteiger partial charge < -0.3 is 5.73 Å². The molecule has 0 saturated carbocycles. The minimum absolute atomic E-state index is 0.212. The van der Waals surface area contributed by atoms with Crippen LogP contribution in [0.1, 0.15) is 13.3 Å². The highest BCUT2D eigenvalue weighted by atomic mass is 79.9. The van der Waals surface area contributed by atoms with E-state index in [0.717, 1.165) is 11.3 Å². The number of rotatable bonds is 6. The Morgan fingerprint density at radius 2 is 2.28 bits per heavy atom. The molecule has 9 heteroatoms. The summed E-state index contributed by atoms with van der Waals surface area (Å²) in [6, 6.07) is 1.44. The van der Waals surface area contributed by atoms with Crippen molar-refractivity contribution in [3.05, 3.63) is 14.9 Å². The summed E-state index contributed by atoms with van der Waals surface area (Å²) >= 11 is 14.9. The number of halogens is 2. The molecule has 1 heterocycles. The first-order chi connectivity index (χ1) is 8.28. The van der Waals surface area contributed by atoms with E-state index in [1.54, 1.807) is 6.92 Å². The third-order valence-corrected chi connectivity index (χ3v) is 7.28. The Morgan fingerprint density at radius 1 is 1.67 bits per heavy atom. The minimum Gasteiger partial charge on any atom is -0.393 e. The number of nitrogens with two attached hydrogens (primary N) is 1. The standard InChI is InChI=1S/C9H12BrClN2O2S3/c1-2-13(4-3-7(12)16)18(14,15)8-5-6(11)9(10)17-8/h5H,2-4H2,1H3,(H2,12,16). The molecule has 2 N–H and O–H groups in total. The van der Waals surface area contributed by atoms with Crippen LogP contribution in [-0.4, -0.2) is 30.8 Å². The molecule has 0 aromatic carbocycles. The predicted molar refractivity (Wildman–Crippen MR) is 82.9 cm³/mol. The SMILES string of the molecule is CCN(CCC(N)=S)S(=O)(=O)c1cc(Cl)c(Br)s1. The van der Waals surface area contributed by atoms with Crippen molar-refractivity contribution in [2.24, 2.45) is 5.73 Å². The van der Waals surface area contributed by atoms with Crippen molar-refractivity contribution in [1.82, 2.24) is 4.31 Å². The van der Waals surface area contributed by atoms with Crippen LogP contribution in [0.25, 0.3) is 0 Å². The normalized spacial score (nSPS) is 12.0. The second kappa shape index (κ2) is 6.62. The molecule has 0 atom stereocenters. The molecule has 1 rings (SSSR count). The Balaban J connectivity index is 2.99. The molecule has 0 aliphatic heterocycles. The molecule has 0 spiro atoms. The first kappa shape index (κ1) is 16.3. The molecule has 0 unspecified atom stereocenters. The highest BCUT2D eigenvalue weighted by Gasteiger charge is 2.25. The molecule has 0 amide bonds. The van der Waals surface area contributed by atoms with E-state index in [1.165, 1.54) is 10.4 Å². The van der Waals surface area contributed by atoms with E-state index in [4.69, 9.17) is 29.6 Å². The number of thiocarbonyl (C=S) groups is 1. The van der Waals surface area contributed by atoms with Crippen molar-refractivity contribution in [2.75, 3.05) is 13.1 Å². The number of nitrogens with zero attached hydrogens (tertiary/aromatic N) is 1. The maximum atomic E-state index is 12.3. The zero-order valence-electron chi connectivity index (χ0n) is 9.52. The summed E-state index contributed by atoms with van der Waals surface area (Å²) < 4.78 is 26.8. The van der Waals surface area contributed by atoms with Gasteiger partial charge in [-0.3, -0.25) is 0 Å². The Labute approximate surface area is 129 Å². The molecule has 4 nitrogen and oxygen atoms in total. The zero-order chi connectivity index (χ0) is 13.9. The summed E-state index contributed by atoms with van der Waals surface area (Å²) in [5, 5.41) is 0.393. The quantitative estimate of drug-likeness (QED) is 0.757. The highest BCUT2D eigenvalue weighted by molar-refractivity contribution is 9.11. The average molecular weight is 392 g/mol. The molecule has 18 heavy (non-hydrogen) atoms. The van der Waals surface area contributed by atoms with E-state index in [9.17, 15) is 8.42 Å². The van der Waals surface area contributed by atoms with Crippen LogP contribution < -0.4 is 5.73 Å². The van der Waals surface area contributed by atoms with Crippen LogP contribution in [0, 0.1) is 0 Å².